The van der Waals surface area contributed by atoms with Crippen molar-refractivity contribution < 1.29 is 9.84 Å². The van der Waals surface area contributed by atoms with E-state index in [2.05, 4.69) is 13.0 Å². The van der Waals surface area contributed by atoms with Gasteiger partial charge < -0.3 is 9.84 Å². The zero-order chi connectivity index (χ0) is 12.4. The van der Waals surface area contributed by atoms with Gasteiger partial charge in [0.15, 0.2) is 0 Å². The van der Waals surface area contributed by atoms with E-state index in [4.69, 9.17) is 4.74 Å². The molecule has 3 heteroatoms. The average Bonchev–Trinajstić information content (AvgIpc) is 2.39. The molecule has 1 N–H and O–H groups in total. The zero-order valence-electron chi connectivity index (χ0n) is 10.7. The molecule has 2 rings (SSSR count). The van der Waals surface area contributed by atoms with Gasteiger partial charge in [-0.05, 0) is 31.6 Å². The predicted molar refractivity (Wildman–Crippen MR) is 65.3 cm³/mol. The van der Waals surface area contributed by atoms with Crippen LogP contribution >= 0.6 is 0 Å². The molecule has 1 aliphatic carbocycles. The Morgan fingerprint density at radius 3 is 2.82 bits per heavy atom. The fraction of sp³-hybridized carbons (Fsp3) is 0.929. The lowest BCUT2D eigenvalue weighted by molar-refractivity contribution is -0.144. The molecule has 0 radical (unpaired) electrons. The van der Waals surface area contributed by atoms with E-state index in [9.17, 15) is 10.4 Å². The molecule has 3 nitrogen and oxygen atoms in total. The van der Waals surface area contributed by atoms with Crippen LogP contribution in [-0.4, -0.2) is 23.9 Å². The largest absolute Gasteiger partial charge is 0.388 e. The first-order valence-corrected chi connectivity index (χ1v) is 6.87. The Bertz CT molecular complexity index is 304. The number of hydrogen-bond donors (Lipinski definition) is 1. The number of nitrogens with zero attached hydrogens (tertiary/aromatic N) is 1. The van der Waals surface area contributed by atoms with Crippen LogP contribution in [0, 0.1) is 22.7 Å². The first kappa shape index (κ1) is 12.9. The van der Waals surface area contributed by atoms with Crippen molar-refractivity contribution in [3.63, 3.8) is 0 Å². The molecule has 1 saturated carbocycles. The van der Waals surface area contributed by atoms with Crippen LogP contribution in [0.3, 0.4) is 0 Å². The van der Waals surface area contributed by atoms with E-state index in [-0.39, 0.29) is 0 Å². The molecule has 2 fully saturated rings. The van der Waals surface area contributed by atoms with Gasteiger partial charge in [-0.2, -0.15) is 5.26 Å². The summed E-state index contributed by atoms with van der Waals surface area (Å²) in [6.07, 6.45) is 6.56. The molecule has 0 amide bonds. The monoisotopic (exact) mass is 237 g/mol. The second kappa shape index (κ2) is 4.96. The van der Waals surface area contributed by atoms with Gasteiger partial charge in [0.25, 0.3) is 0 Å². The third-order valence-electron chi connectivity index (χ3n) is 4.75. The van der Waals surface area contributed by atoms with Crippen LogP contribution < -0.4 is 0 Å². The van der Waals surface area contributed by atoms with Gasteiger partial charge in [0.2, 0.25) is 0 Å². The van der Waals surface area contributed by atoms with Gasteiger partial charge in [0.05, 0.1) is 18.3 Å². The predicted octanol–water partition coefficient (Wildman–Crippen LogP) is 2.64. The number of ether oxygens (including phenoxy) is 1. The highest BCUT2D eigenvalue weighted by Gasteiger charge is 2.53. The Balaban J connectivity index is 2.19. The Hall–Kier alpha value is -0.590. The standard InChI is InChI=1S/C14H23NO2/c1-2-12-5-3-7-14(16,9-12)13(10-15)6-4-8-17-11-13/h12,16H,2-9,11H2,1H3. The quantitative estimate of drug-likeness (QED) is 0.803. The summed E-state index contributed by atoms with van der Waals surface area (Å²) >= 11 is 0. The van der Waals surface area contributed by atoms with Crippen LogP contribution in [0.5, 0.6) is 0 Å². The molecule has 0 bridgehead atoms. The Morgan fingerprint density at radius 1 is 1.41 bits per heavy atom. The Labute approximate surface area is 104 Å². The van der Waals surface area contributed by atoms with Crippen molar-refractivity contribution in [2.24, 2.45) is 11.3 Å². The number of nitriles is 1. The van der Waals surface area contributed by atoms with Crippen molar-refractivity contribution in [3.05, 3.63) is 0 Å². The summed E-state index contributed by atoms with van der Waals surface area (Å²) in [6, 6.07) is 2.40. The van der Waals surface area contributed by atoms with Crippen molar-refractivity contribution in [3.8, 4) is 6.07 Å². The summed E-state index contributed by atoms with van der Waals surface area (Å²) in [5, 5.41) is 20.5. The van der Waals surface area contributed by atoms with E-state index < -0.39 is 11.0 Å². The van der Waals surface area contributed by atoms with E-state index in [1.807, 2.05) is 0 Å². The van der Waals surface area contributed by atoms with E-state index in [0.29, 0.717) is 12.5 Å². The normalized spacial score (nSPS) is 43.0. The maximum atomic E-state index is 10.9. The lowest BCUT2D eigenvalue weighted by Gasteiger charge is -2.48. The summed E-state index contributed by atoms with van der Waals surface area (Å²) in [6.45, 7) is 3.32. The smallest absolute Gasteiger partial charge is 0.109 e. The molecule has 3 atom stereocenters. The van der Waals surface area contributed by atoms with E-state index in [1.54, 1.807) is 0 Å². The van der Waals surface area contributed by atoms with Crippen LogP contribution in [0.25, 0.3) is 0 Å². The van der Waals surface area contributed by atoms with Gasteiger partial charge in [-0.15, -0.1) is 0 Å². The molecule has 1 heterocycles. The highest BCUT2D eigenvalue weighted by atomic mass is 16.5. The van der Waals surface area contributed by atoms with Gasteiger partial charge in [-0.25, -0.2) is 0 Å². The van der Waals surface area contributed by atoms with E-state index in [0.717, 1.165) is 45.1 Å². The van der Waals surface area contributed by atoms with Gasteiger partial charge in [-0.3, -0.25) is 0 Å². The molecule has 96 valence electrons. The van der Waals surface area contributed by atoms with Crippen LogP contribution in [0.2, 0.25) is 0 Å². The van der Waals surface area contributed by atoms with Crippen LogP contribution in [0.4, 0.5) is 0 Å². The van der Waals surface area contributed by atoms with Crippen LogP contribution in [0.15, 0.2) is 0 Å². The second-order valence-corrected chi connectivity index (χ2v) is 5.75. The second-order valence-electron chi connectivity index (χ2n) is 5.75. The maximum absolute atomic E-state index is 10.9. The third kappa shape index (κ3) is 2.21. The van der Waals surface area contributed by atoms with Crippen molar-refractivity contribution in [1.29, 1.82) is 5.26 Å². The molecule has 1 saturated heterocycles. The Morgan fingerprint density at radius 2 is 2.24 bits per heavy atom. The molecular weight excluding hydrogens is 214 g/mol. The van der Waals surface area contributed by atoms with Gasteiger partial charge in [0, 0.05) is 6.61 Å². The van der Waals surface area contributed by atoms with E-state index >= 15 is 0 Å². The number of aliphatic hydroxyl groups is 1. The van der Waals surface area contributed by atoms with Crippen molar-refractivity contribution in [2.75, 3.05) is 13.2 Å². The fourth-order valence-electron chi connectivity index (χ4n) is 3.50. The summed E-state index contributed by atoms with van der Waals surface area (Å²) in [5.41, 5.74) is -1.47. The van der Waals surface area contributed by atoms with Crippen LogP contribution in [0.1, 0.15) is 51.9 Å². The highest BCUT2D eigenvalue weighted by Crippen LogP contribution is 2.48. The number of rotatable bonds is 2. The highest BCUT2D eigenvalue weighted by molar-refractivity contribution is 5.13. The summed E-state index contributed by atoms with van der Waals surface area (Å²) in [4.78, 5) is 0. The zero-order valence-corrected chi connectivity index (χ0v) is 10.7. The third-order valence-corrected chi connectivity index (χ3v) is 4.75. The molecule has 0 aromatic carbocycles. The lowest BCUT2D eigenvalue weighted by Crippen LogP contribution is -2.54. The maximum Gasteiger partial charge on any atom is 0.109 e. The molecule has 0 aromatic heterocycles. The topological polar surface area (TPSA) is 53.2 Å². The SMILES string of the molecule is CCC1CCCC(O)(C2(C#N)CCCOC2)C1. The number of hydrogen-bond acceptors (Lipinski definition) is 3. The lowest BCUT2D eigenvalue weighted by atomic mass is 9.61. The molecule has 17 heavy (non-hydrogen) atoms. The van der Waals surface area contributed by atoms with E-state index in [1.165, 1.54) is 6.42 Å². The average molecular weight is 237 g/mol. The van der Waals surface area contributed by atoms with Gasteiger partial charge >= 0.3 is 0 Å². The Kier molecular flexibility index (Phi) is 3.75. The van der Waals surface area contributed by atoms with Crippen molar-refractivity contribution >= 4 is 0 Å². The minimum Gasteiger partial charge on any atom is -0.388 e. The molecule has 2 aliphatic rings. The molecule has 0 spiro atoms. The minimum absolute atomic E-state index is 0.413. The first-order chi connectivity index (χ1) is 8.16. The summed E-state index contributed by atoms with van der Waals surface area (Å²) in [5.74, 6) is 0.570. The van der Waals surface area contributed by atoms with Crippen molar-refractivity contribution in [2.45, 2.75) is 57.5 Å². The molecular formula is C14H23NO2. The van der Waals surface area contributed by atoms with Crippen LogP contribution in [-0.2, 0) is 4.74 Å². The molecule has 3 unspecified atom stereocenters. The summed E-state index contributed by atoms with van der Waals surface area (Å²) in [7, 11) is 0. The van der Waals surface area contributed by atoms with Crippen molar-refractivity contribution in [1.82, 2.24) is 0 Å². The fourth-order valence-corrected chi connectivity index (χ4v) is 3.50. The molecule has 1 aliphatic heterocycles. The van der Waals surface area contributed by atoms with Gasteiger partial charge in [-0.1, -0.05) is 26.2 Å². The first-order valence-electron chi connectivity index (χ1n) is 6.87. The van der Waals surface area contributed by atoms with Gasteiger partial charge in [0.1, 0.15) is 5.41 Å². The minimum atomic E-state index is -0.818. The summed E-state index contributed by atoms with van der Waals surface area (Å²) < 4.78 is 5.48. The molecule has 0 aromatic rings.